The molecule has 1 amide bonds. The van der Waals surface area contributed by atoms with Crippen LogP contribution >= 0.6 is 0 Å². The minimum absolute atomic E-state index is 0.279. The van der Waals surface area contributed by atoms with Crippen molar-refractivity contribution in [2.45, 2.75) is 25.3 Å². The van der Waals surface area contributed by atoms with E-state index in [9.17, 15) is 9.59 Å². The quantitative estimate of drug-likeness (QED) is 0.828. The first-order valence-corrected chi connectivity index (χ1v) is 5.93. The zero-order valence-corrected chi connectivity index (χ0v) is 9.91. The maximum atomic E-state index is 11.9. The first-order chi connectivity index (χ1) is 8.68. The van der Waals surface area contributed by atoms with Gasteiger partial charge in [-0.05, 0) is 37.5 Å². The van der Waals surface area contributed by atoms with Crippen LogP contribution in [0.4, 0.5) is 0 Å². The zero-order chi connectivity index (χ0) is 13.0. The number of furan rings is 1. The average molecular weight is 249 g/mol. The van der Waals surface area contributed by atoms with Crippen LogP contribution in [0.1, 0.15) is 25.0 Å². The molecule has 1 aliphatic heterocycles. The molecule has 5 heteroatoms. The molecule has 0 bridgehead atoms. The highest BCUT2D eigenvalue weighted by Crippen LogP contribution is 2.18. The molecule has 1 fully saturated rings. The summed E-state index contributed by atoms with van der Waals surface area (Å²) in [5.74, 6) is -0.639. The largest absolute Gasteiger partial charge is 0.480 e. The monoisotopic (exact) mass is 249 g/mol. The van der Waals surface area contributed by atoms with Crippen molar-refractivity contribution in [1.29, 1.82) is 0 Å². The Morgan fingerprint density at radius 2 is 2.28 bits per heavy atom. The normalized spacial score (nSPS) is 20.2. The molecule has 1 saturated heterocycles. The second-order valence-electron chi connectivity index (χ2n) is 4.23. The Morgan fingerprint density at radius 3 is 2.94 bits per heavy atom. The molecule has 5 nitrogen and oxygen atoms in total. The van der Waals surface area contributed by atoms with E-state index in [4.69, 9.17) is 9.52 Å². The van der Waals surface area contributed by atoms with Gasteiger partial charge in [-0.15, -0.1) is 0 Å². The Balaban J connectivity index is 2.04. The molecule has 1 aromatic rings. The van der Waals surface area contributed by atoms with Gasteiger partial charge in [0.25, 0.3) is 0 Å². The summed E-state index contributed by atoms with van der Waals surface area (Å²) in [7, 11) is 0. The van der Waals surface area contributed by atoms with Gasteiger partial charge in [0.05, 0.1) is 6.26 Å². The van der Waals surface area contributed by atoms with Gasteiger partial charge in [0.1, 0.15) is 11.8 Å². The molecule has 18 heavy (non-hydrogen) atoms. The topological polar surface area (TPSA) is 70.8 Å². The minimum atomic E-state index is -0.936. The Hall–Kier alpha value is -2.04. The third-order valence-electron chi connectivity index (χ3n) is 3.00. The molecule has 1 N–H and O–H groups in total. The molecule has 0 radical (unpaired) electrons. The number of carboxylic acids is 1. The van der Waals surface area contributed by atoms with Gasteiger partial charge < -0.3 is 14.4 Å². The van der Waals surface area contributed by atoms with Crippen LogP contribution in [0.2, 0.25) is 0 Å². The lowest BCUT2D eigenvalue weighted by molar-refractivity contribution is -0.150. The van der Waals surface area contributed by atoms with Crippen molar-refractivity contribution in [3.05, 3.63) is 30.2 Å². The van der Waals surface area contributed by atoms with Crippen LogP contribution in [0.3, 0.4) is 0 Å². The lowest BCUT2D eigenvalue weighted by atomic mass is 10.0. The highest BCUT2D eigenvalue weighted by molar-refractivity contribution is 5.94. The molecule has 0 aromatic carbocycles. The summed E-state index contributed by atoms with van der Waals surface area (Å²) in [5, 5.41) is 9.07. The molecular weight excluding hydrogens is 234 g/mol. The summed E-state index contributed by atoms with van der Waals surface area (Å²) in [6.07, 6.45) is 6.66. The summed E-state index contributed by atoms with van der Waals surface area (Å²) < 4.78 is 5.07. The van der Waals surface area contributed by atoms with Crippen molar-refractivity contribution in [3.8, 4) is 0 Å². The molecule has 2 rings (SSSR count). The molecule has 2 heterocycles. The van der Waals surface area contributed by atoms with Crippen molar-refractivity contribution >= 4 is 18.0 Å². The first-order valence-electron chi connectivity index (χ1n) is 5.93. The van der Waals surface area contributed by atoms with E-state index in [1.54, 1.807) is 18.2 Å². The number of aliphatic carboxylic acids is 1. The Morgan fingerprint density at radius 1 is 1.44 bits per heavy atom. The molecule has 0 spiro atoms. The number of hydrogen-bond acceptors (Lipinski definition) is 3. The second-order valence-corrected chi connectivity index (χ2v) is 4.23. The standard InChI is InChI=1S/C13H15NO4/c15-12(7-6-10-4-3-9-18-10)14-8-2-1-5-11(14)13(16)17/h3-4,6-7,9,11H,1-2,5,8H2,(H,16,17)/b7-6+. The maximum Gasteiger partial charge on any atom is 0.326 e. The van der Waals surface area contributed by atoms with Crippen molar-refractivity contribution in [3.63, 3.8) is 0 Å². The van der Waals surface area contributed by atoms with Gasteiger partial charge >= 0.3 is 5.97 Å². The third kappa shape index (κ3) is 2.80. The van der Waals surface area contributed by atoms with Gasteiger partial charge in [-0.1, -0.05) is 0 Å². The highest BCUT2D eigenvalue weighted by Gasteiger charge is 2.30. The number of carboxylic acid groups (broad SMARTS) is 1. The Labute approximate surface area is 105 Å². The average Bonchev–Trinajstić information content (AvgIpc) is 2.89. The van der Waals surface area contributed by atoms with Gasteiger partial charge in [-0.25, -0.2) is 4.79 Å². The smallest absolute Gasteiger partial charge is 0.326 e. The number of amides is 1. The van der Waals surface area contributed by atoms with E-state index >= 15 is 0 Å². The van der Waals surface area contributed by atoms with Crippen LogP contribution in [0.5, 0.6) is 0 Å². The molecular formula is C13H15NO4. The van der Waals surface area contributed by atoms with Crippen LogP contribution in [0.15, 0.2) is 28.9 Å². The minimum Gasteiger partial charge on any atom is -0.480 e. The van der Waals surface area contributed by atoms with Crippen molar-refractivity contribution in [2.24, 2.45) is 0 Å². The van der Waals surface area contributed by atoms with Gasteiger partial charge in [-0.2, -0.15) is 0 Å². The molecule has 96 valence electrons. The number of rotatable bonds is 3. The fraction of sp³-hybridized carbons (Fsp3) is 0.385. The molecule has 0 aliphatic carbocycles. The van der Waals surface area contributed by atoms with E-state index in [2.05, 4.69) is 0 Å². The number of carbonyl (C=O) groups is 2. The molecule has 0 saturated carbocycles. The van der Waals surface area contributed by atoms with E-state index in [-0.39, 0.29) is 5.91 Å². The molecule has 1 atom stereocenters. The van der Waals surface area contributed by atoms with Crippen molar-refractivity contribution < 1.29 is 19.1 Å². The zero-order valence-electron chi connectivity index (χ0n) is 9.91. The summed E-state index contributed by atoms with van der Waals surface area (Å²) in [6, 6.07) is 2.76. The summed E-state index contributed by atoms with van der Waals surface area (Å²) in [6.45, 7) is 0.498. The van der Waals surface area contributed by atoms with E-state index in [1.807, 2.05) is 0 Å². The number of hydrogen-bond donors (Lipinski definition) is 1. The van der Waals surface area contributed by atoms with E-state index < -0.39 is 12.0 Å². The van der Waals surface area contributed by atoms with Crippen LogP contribution in [-0.4, -0.2) is 34.5 Å². The molecule has 1 unspecified atom stereocenters. The fourth-order valence-corrected chi connectivity index (χ4v) is 2.09. The summed E-state index contributed by atoms with van der Waals surface area (Å²) in [4.78, 5) is 24.4. The summed E-state index contributed by atoms with van der Waals surface area (Å²) >= 11 is 0. The second kappa shape index (κ2) is 5.53. The fourth-order valence-electron chi connectivity index (χ4n) is 2.09. The van der Waals surface area contributed by atoms with Crippen molar-refractivity contribution in [2.75, 3.05) is 6.54 Å². The third-order valence-corrected chi connectivity index (χ3v) is 3.00. The van der Waals surface area contributed by atoms with Crippen molar-refractivity contribution in [1.82, 2.24) is 4.90 Å². The summed E-state index contributed by atoms with van der Waals surface area (Å²) in [5.41, 5.74) is 0. The molecule has 1 aromatic heterocycles. The maximum absolute atomic E-state index is 11.9. The lowest BCUT2D eigenvalue weighted by Crippen LogP contribution is -2.47. The predicted molar refractivity (Wildman–Crippen MR) is 64.7 cm³/mol. The van der Waals surface area contributed by atoms with Gasteiger partial charge in [-0.3, -0.25) is 4.79 Å². The van der Waals surface area contributed by atoms with Gasteiger partial charge in [0.15, 0.2) is 0 Å². The van der Waals surface area contributed by atoms with Gasteiger partial charge in [0.2, 0.25) is 5.91 Å². The van der Waals surface area contributed by atoms with Crippen LogP contribution in [0.25, 0.3) is 6.08 Å². The Kier molecular flexibility index (Phi) is 3.82. The van der Waals surface area contributed by atoms with Gasteiger partial charge in [0, 0.05) is 12.6 Å². The SMILES string of the molecule is O=C(O)C1CCCCN1C(=O)/C=C/c1ccco1. The van der Waals surface area contributed by atoms with E-state index in [1.165, 1.54) is 17.2 Å². The van der Waals surface area contributed by atoms with Crippen LogP contribution in [0, 0.1) is 0 Å². The van der Waals surface area contributed by atoms with E-state index in [0.29, 0.717) is 18.7 Å². The van der Waals surface area contributed by atoms with Crippen LogP contribution < -0.4 is 0 Å². The number of likely N-dealkylation sites (tertiary alicyclic amines) is 1. The predicted octanol–water partition coefficient (Wildman–Crippen LogP) is 1.76. The Bertz CT molecular complexity index is 450. The highest BCUT2D eigenvalue weighted by atomic mass is 16.4. The van der Waals surface area contributed by atoms with Crippen LogP contribution in [-0.2, 0) is 9.59 Å². The molecule has 1 aliphatic rings. The first kappa shape index (κ1) is 12.4. The lowest BCUT2D eigenvalue weighted by Gasteiger charge is -2.32. The number of piperidine rings is 1. The number of nitrogens with zero attached hydrogens (tertiary/aromatic N) is 1. The number of carbonyl (C=O) groups excluding carboxylic acids is 1. The van der Waals surface area contributed by atoms with E-state index in [0.717, 1.165) is 12.8 Å².